The highest BCUT2D eigenvalue weighted by Gasteiger charge is 2.26. The molecule has 106 valence electrons. The molecule has 0 unspecified atom stereocenters. The van der Waals surface area contributed by atoms with E-state index in [0.717, 1.165) is 6.54 Å². The average molecular weight is 266 g/mol. The normalized spacial score (nSPS) is 11.0. The summed E-state index contributed by atoms with van der Waals surface area (Å²) in [4.78, 5) is 12.1. The monoisotopic (exact) mass is 266 g/mol. The molecule has 1 aromatic rings. The summed E-state index contributed by atoms with van der Waals surface area (Å²) in [7, 11) is 3.14. The van der Waals surface area contributed by atoms with Crippen molar-refractivity contribution in [3.05, 3.63) is 18.2 Å². The van der Waals surface area contributed by atoms with Crippen molar-refractivity contribution in [1.82, 2.24) is 5.32 Å². The first-order chi connectivity index (χ1) is 8.94. The minimum Gasteiger partial charge on any atom is -0.493 e. The maximum absolute atomic E-state index is 12.1. The van der Waals surface area contributed by atoms with E-state index >= 15 is 0 Å². The Morgan fingerprint density at radius 1 is 1.21 bits per heavy atom. The fourth-order valence-corrected chi connectivity index (χ4v) is 1.72. The van der Waals surface area contributed by atoms with Crippen LogP contribution in [0.25, 0.3) is 0 Å². The van der Waals surface area contributed by atoms with Gasteiger partial charge >= 0.3 is 0 Å². The number of methoxy groups -OCH3 is 2. The fourth-order valence-electron chi connectivity index (χ4n) is 1.72. The molecule has 0 fully saturated rings. The van der Waals surface area contributed by atoms with Gasteiger partial charge in [-0.3, -0.25) is 4.79 Å². The van der Waals surface area contributed by atoms with Crippen LogP contribution in [0.15, 0.2) is 18.2 Å². The van der Waals surface area contributed by atoms with Gasteiger partial charge in [0, 0.05) is 11.8 Å². The minimum atomic E-state index is -0.623. The highest BCUT2D eigenvalue weighted by Crippen LogP contribution is 2.29. The van der Waals surface area contributed by atoms with Gasteiger partial charge in [-0.1, -0.05) is 6.92 Å². The summed E-state index contributed by atoms with van der Waals surface area (Å²) < 4.78 is 10.4. The van der Waals surface area contributed by atoms with Crippen molar-refractivity contribution in [2.24, 2.45) is 0 Å². The SMILES string of the molecule is CCNC(C)(C)C(=O)Nc1ccc(OC)c(OC)c1. The van der Waals surface area contributed by atoms with Gasteiger partial charge in [-0.2, -0.15) is 0 Å². The van der Waals surface area contributed by atoms with E-state index in [4.69, 9.17) is 9.47 Å². The Hall–Kier alpha value is -1.75. The number of hydrogen-bond acceptors (Lipinski definition) is 4. The molecule has 2 N–H and O–H groups in total. The molecule has 0 saturated heterocycles. The van der Waals surface area contributed by atoms with Crippen LogP contribution >= 0.6 is 0 Å². The molecule has 1 amide bonds. The number of carbonyl (C=O) groups excluding carboxylic acids is 1. The molecule has 0 atom stereocenters. The summed E-state index contributed by atoms with van der Waals surface area (Å²) in [6, 6.07) is 5.27. The molecule has 0 saturated carbocycles. The van der Waals surface area contributed by atoms with E-state index in [1.165, 1.54) is 0 Å². The second-order valence-corrected chi connectivity index (χ2v) is 4.68. The van der Waals surface area contributed by atoms with Gasteiger partial charge in [0.1, 0.15) is 0 Å². The minimum absolute atomic E-state index is 0.0958. The van der Waals surface area contributed by atoms with Crippen molar-refractivity contribution in [3.63, 3.8) is 0 Å². The zero-order chi connectivity index (χ0) is 14.5. The summed E-state index contributed by atoms with van der Waals surface area (Å²) in [5, 5.41) is 5.98. The molecule has 5 heteroatoms. The van der Waals surface area contributed by atoms with Crippen LogP contribution in [0.4, 0.5) is 5.69 Å². The Bertz CT molecular complexity index is 444. The Labute approximate surface area is 114 Å². The van der Waals surface area contributed by atoms with Crippen LogP contribution in [0.1, 0.15) is 20.8 Å². The molecule has 0 bridgehead atoms. The van der Waals surface area contributed by atoms with Crippen molar-refractivity contribution in [3.8, 4) is 11.5 Å². The van der Waals surface area contributed by atoms with Gasteiger partial charge in [0.2, 0.25) is 5.91 Å². The Balaban J connectivity index is 2.85. The molecule has 0 aromatic heterocycles. The van der Waals surface area contributed by atoms with Crippen LogP contribution in [0, 0.1) is 0 Å². The van der Waals surface area contributed by atoms with Gasteiger partial charge in [-0.15, -0.1) is 0 Å². The van der Waals surface area contributed by atoms with E-state index in [2.05, 4.69) is 10.6 Å². The van der Waals surface area contributed by atoms with Crippen molar-refractivity contribution < 1.29 is 14.3 Å². The van der Waals surface area contributed by atoms with Gasteiger partial charge in [0.15, 0.2) is 11.5 Å². The Morgan fingerprint density at radius 2 is 1.84 bits per heavy atom. The second-order valence-electron chi connectivity index (χ2n) is 4.68. The van der Waals surface area contributed by atoms with E-state index in [1.54, 1.807) is 32.4 Å². The molecular formula is C14H22N2O3. The lowest BCUT2D eigenvalue weighted by molar-refractivity contribution is -0.121. The largest absolute Gasteiger partial charge is 0.493 e. The topological polar surface area (TPSA) is 59.6 Å². The third kappa shape index (κ3) is 3.86. The van der Waals surface area contributed by atoms with Crippen LogP contribution in [0.2, 0.25) is 0 Å². The third-order valence-electron chi connectivity index (χ3n) is 2.83. The van der Waals surface area contributed by atoms with Crippen LogP contribution in [-0.4, -0.2) is 32.2 Å². The highest BCUT2D eigenvalue weighted by molar-refractivity contribution is 5.97. The van der Waals surface area contributed by atoms with Gasteiger partial charge in [-0.05, 0) is 32.5 Å². The maximum atomic E-state index is 12.1. The summed E-state index contributed by atoms with van der Waals surface area (Å²) in [5.41, 5.74) is 0.0516. The first-order valence-corrected chi connectivity index (χ1v) is 6.23. The lowest BCUT2D eigenvalue weighted by atomic mass is 10.0. The van der Waals surface area contributed by atoms with Crippen molar-refractivity contribution in [2.45, 2.75) is 26.3 Å². The van der Waals surface area contributed by atoms with Crippen LogP contribution < -0.4 is 20.1 Å². The zero-order valence-corrected chi connectivity index (χ0v) is 12.2. The van der Waals surface area contributed by atoms with Gasteiger partial charge in [-0.25, -0.2) is 0 Å². The number of hydrogen-bond donors (Lipinski definition) is 2. The van der Waals surface area contributed by atoms with E-state index in [9.17, 15) is 4.79 Å². The molecule has 0 aliphatic heterocycles. The summed E-state index contributed by atoms with van der Waals surface area (Å²) in [6.45, 7) is 6.37. The molecule has 19 heavy (non-hydrogen) atoms. The van der Waals surface area contributed by atoms with Gasteiger partial charge in [0.05, 0.1) is 19.8 Å². The predicted molar refractivity (Wildman–Crippen MR) is 75.9 cm³/mol. The number of carbonyl (C=O) groups is 1. The number of benzene rings is 1. The molecule has 0 heterocycles. The van der Waals surface area contributed by atoms with Gasteiger partial charge < -0.3 is 20.1 Å². The smallest absolute Gasteiger partial charge is 0.244 e. The lowest BCUT2D eigenvalue weighted by Gasteiger charge is -2.24. The lowest BCUT2D eigenvalue weighted by Crippen LogP contribution is -2.49. The van der Waals surface area contributed by atoms with E-state index in [1.807, 2.05) is 20.8 Å². The second kappa shape index (κ2) is 6.43. The van der Waals surface area contributed by atoms with E-state index in [-0.39, 0.29) is 5.91 Å². The summed E-state index contributed by atoms with van der Waals surface area (Å²) in [5.74, 6) is 1.12. The van der Waals surface area contributed by atoms with Gasteiger partial charge in [0.25, 0.3) is 0 Å². The number of ether oxygens (including phenoxy) is 2. The molecular weight excluding hydrogens is 244 g/mol. The van der Waals surface area contributed by atoms with E-state index in [0.29, 0.717) is 17.2 Å². The third-order valence-corrected chi connectivity index (χ3v) is 2.83. The van der Waals surface area contributed by atoms with Crippen molar-refractivity contribution >= 4 is 11.6 Å². The fraction of sp³-hybridized carbons (Fsp3) is 0.500. The summed E-state index contributed by atoms with van der Waals surface area (Å²) in [6.07, 6.45) is 0. The molecule has 5 nitrogen and oxygen atoms in total. The first kappa shape index (κ1) is 15.3. The Kier molecular flexibility index (Phi) is 5.18. The van der Waals surface area contributed by atoms with E-state index < -0.39 is 5.54 Å². The first-order valence-electron chi connectivity index (χ1n) is 6.23. The predicted octanol–water partition coefficient (Wildman–Crippen LogP) is 2.03. The number of anilines is 1. The highest BCUT2D eigenvalue weighted by atomic mass is 16.5. The zero-order valence-electron chi connectivity index (χ0n) is 12.2. The quantitative estimate of drug-likeness (QED) is 0.827. The van der Waals surface area contributed by atoms with Crippen molar-refractivity contribution in [1.29, 1.82) is 0 Å². The standard InChI is InChI=1S/C14H22N2O3/c1-6-15-14(2,3)13(17)16-10-7-8-11(18-4)12(9-10)19-5/h7-9,15H,6H2,1-5H3,(H,16,17). The molecule has 0 spiro atoms. The van der Waals surface area contributed by atoms with Crippen LogP contribution in [0.5, 0.6) is 11.5 Å². The summed E-state index contributed by atoms with van der Waals surface area (Å²) >= 11 is 0. The number of rotatable bonds is 6. The van der Waals surface area contributed by atoms with Crippen molar-refractivity contribution in [2.75, 3.05) is 26.1 Å². The maximum Gasteiger partial charge on any atom is 0.244 e. The van der Waals surface area contributed by atoms with Crippen LogP contribution in [0.3, 0.4) is 0 Å². The number of amides is 1. The number of likely N-dealkylation sites (N-methyl/N-ethyl adjacent to an activating group) is 1. The van der Waals surface area contributed by atoms with Crippen LogP contribution in [-0.2, 0) is 4.79 Å². The average Bonchev–Trinajstić information content (AvgIpc) is 2.38. The molecule has 0 radical (unpaired) electrons. The Morgan fingerprint density at radius 3 is 2.37 bits per heavy atom. The molecule has 1 aromatic carbocycles. The molecule has 0 aliphatic carbocycles. The number of nitrogens with one attached hydrogen (secondary N) is 2. The molecule has 1 rings (SSSR count). The molecule has 0 aliphatic rings.